The third-order valence-electron chi connectivity index (χ3n) is 4.30. The molecule has 2 aromatic rings. The van der Waals surface area contributed by atoms with Crippen LogP contribution in [0.2, 0.25) is 0 Å². The van der Waals surface area contributed by atoms with Crippen molar-refractivity contribution in [1.29, 1.82) is 0 Å². The number of aliphatic carboxylic acids is 1. The van der Waals surface area contributed by atoms with E-state index >= 15 is 0 Å². The maximum absolute atomic E-state index is 12.7. The molecule has 2 rings (SSSR count). The van der Waals surface area contributed by atoms with Gasteiger partial charge >= 0.3 is 5.97 Å². The number of carboxylic acids is 1. The number of methoxy groups -OCH3 is 4. The first kappa shape index (κ1) is 24.9. The number of nitrogens with one attached hydrogen (secondary N) is 1. The number of benzene rings is 2. The topological polar surface area (TPSA) is 126 Å². The zero-order chi connectivity index (χ0) is 23.7. The van der Waals surface area contributed by atoms with Crippen molar-refractivity contribution in [1.82, 2.24) is 0 Å². The van der Waals surface area contributed by atoms with E-state index in [0.717, 1.165) is 0 Å². The zero-order valence-electron chi connectivity index (χ0n) is 18.2. The number of ether oxygens (including phenoxy) is 4. The van der Waals surface area contributed by atoms with Crippen LogP contribution in [-0.2, 0) is 26.5 Å². The van der Waals surface area contributed by atoms with Crippen molar-refractivity contribution in [2.45, 2.75) is 12.2 Å². The molecule has 10 heteroatoms. The Kier molecular flexibility index (Phi) is 9.23. The van der Waals surface area contributed by atoms with Gasteiger partial charge in [-0.25, -0.2) is 0 Å². The van der Waals surface area contributed by atoms with Gasteiger partial charge in [0.2, 0.25) is 5.91 Å². The Labute approximate surface area is 189 Å². The van der Waals surface area contributed by atoms with Crippen molar-refractivity contribution in [2.75, 3.05) is 33.8 Å². The lowest BCUT2D eigenvalue weighted by molar-refractivity contribution is -0.139. The van der Waals surface area contributed by atoms with E-state index in [0.29, 0.717) is 39.8 Å². The molecule has 1 unspecified atom stereocenters. The molecule has 0 bridgehead atoms. The predicted octanol–water partition coefficient (Wildman–Crippen LogP) is 3.05. The zero-order valence-corrected chi connectivity index (χ0v) is 19.0. The van der Waals surface area contributed by atoms with E-state index < -0.39 is 29.5 Å². The molecule has 0 fully saturated rings. The number of carbonyl (C=O) groups excluding carboxylic acids is 1. The minimum absolute atomic E-state index is 0.156. The van der Waals surface area contributed by atoms with Crippen molar-refractivity contribution in [3.8, 4) is 23.0 Å². The SMILES string of the molecule is COc1cc(OC)c(C=C[S+]([O-])Cc2ccc(OC)c(NC(=O)CC(=O)O)c2)c(OC)c1. The Morgan fingerprint density at radius 3 is 2.16 bits per heavy atom. The average molecular weight is 464 g/mol. The van der Waals surface area contributed by atoms with E-state index in [4.69, 9.17) is 24.1 Å². The van der Waals surface area contributed by atoms with E-state index in [-0.39, 0.29) is 5.75 Å². The molecule has 0 saturated carbocycles. The van der Waals surface area contributed by atoms with Gasteiger partial charge in [-0.3, -0.25) is 9.59 Å². The average Bonchev–Trinajstić information content (AvgIpc) is 2.76. The van der Waals surface area contributed by atoms with Gasteiger partial charge in [-0.05, 0) is 23.3 Å². The summed E-state index contributed by atoms with van der Waals surface area (Å²) in [6, 6.07) is 8.31. The molecule has 0 aliphatic carbocycles. The maximum Gasteiger partial charge on any atom is 0.312 e. The first-order valence-corrected chi connectivity index (χ1v) is 10.7. The van der Waals surface area contributed by atoms with Crippen molar-refractivity contribution >= 4 is 34.8 Å². The maximum atomic E-state index is 12.7. The van der Waals surface area contributed by atoms with Gasteiger partial charge in [0.05, 0.1) is 39.7 Å². The highest BCUT2D eigenvalue weighted by molar-refractivity contribution is 7.93. The monoisotopic (exact) mass is 463 g/mol. The molecule has 2 aromatic carbocycles. The first-order valence-electron chi connectivity index (χ1n) is 9.35. The van der Waals surface area contributed by atoms with Crippen molar-refractivity contribution < 1.29 is 38.2 Å². The molecular weight excluding hydrogens is 438 g/mol. The Morgan fingerprint density at radius 1 is 1.00 bits per heavy atom. The van der Waals surface area contributed by atoms with Crippen LogP contribution in [0.5, 0.6) is 23.0 Å². The summed E-state index contributed by atoms with van der Waals surface area (Å²) < 4.78 is 33.8. The minimum Gasteiger partial charge on any atom is -0.612 e. The van der Waals surface area contributed by atoms with Crippen LogP contribution in [0.25, 0.3) is 6.08 Å². The molecule has 0 spiro atoms. The molecule has 9 nitrogen and oxygen atoms in total. The van der Waals surface area contributed by atoms with Crippen LogP contribution in [0.4, 0.5) is 5.69 Å². The van der Waals surface area contributed by atoms with Gasteiger partial charge < -0.3 is 33.9 Å². The second-order valence-corrected chi connectivity index (χ2v) is 7.75. The van der Waals surface area contributed by atoms with Crippen LogP contribution in [0.15, 0.2) is 35.7 Å². The fraction of sp³-hybridized carbons (Fsp3) is 0.273. The molecule has 172 valence electrons. The molecule has 0 radical (unpaired) electrons. The van der Waals surface area contributed by atoms with E-state index in [9.17, 15) is 14.1 Å². The van der Waals surface area contributed by atoms with Gasteiger partial charge in [0.15, 0.2) is 0 Å². The summed E-state index contributed by atoms with van der Waals surface area (Å²) in [6.45, 7) is 0. The van der Waals surface area contributed by atoms with E-state index in [1.165, 1.54) is 33.8 Å². The molecule has 0 aliphatic heterocycles. The van der Waals surface area contributed by atoms with Crippen LogP contribution < -0.4 is 24.3 Å². The van der Waals surface area contributed by atoms with Crippen molar-refractivity contribution in [3.63, 3.8) is 0 Å². The van der Waals surface area contributed by atoms with E-state index in [1.807, 2.05) is 0 Å². The summed E-state index contributed by atoms with van der Waals surface area (Å²) in [4.78, 5) is 22.5. The van der Waals surface area contributed by atoms with Crippen LogP contribution in [0, 0.1) is 0 Å². The number of anilines is 1. The van der Waals surface area contributed by atoms with Gasteiger partial charge in [-0.1, -0.05) is 6.07 Å². The van der Waals surface area contributed by atoms with Gasteiger partial charge in [-0.2, -0.15) is 0 Å². The molecular formula is C22H25NO8S. The van der Waals surface area contributed by atoms with Crippen LogP contribution in [-0.4, -0.2) is 50.0 Å². The van der Waals surface area contributed by atoms with Crippen molar-refractivity contribution in [2.24, 2.45) is 0 Å². The number of amides is 1. The lowest BCUT2D eigenvalue weighted by Crippen LogP contribution is -2.16. The molecule has 0 heterocycles. The Morgan fingerprint density at radius 2 is 1.62 bits per heavy atom. The smallest absolute Gasteiger partial charge is 0.312 e. The molecule has 32 heavy (non-hydrogen) atoms. The van der Waals surface area contributed by atoms with E-state index in [1.54, 1.807) is 36.4 Å². The molecule has 0 aliphatic rings. The summed E-state index contributed by atoms with van der Waals surface area (Å²) in [5.41, 5.74) is 1.57. The standard InChI is InChI=1S/C22H25NO8S/c1-28-15-10-19(30-3)16(20(11-15)31-4)7-8-32(27)13-14-5-6-18(29-2)17(9-14)23-21(24)12-22(25)26/h5-11H,12-13H2,1-4H3,(H,23,24)(H,25,26). The van der Waals surface area contributed by atoms with Gasteiger partial charge in [0.1, 0.15) is 40.6 Å². The summed E-state index contributed by atoms with van der Waals surface area (Å²) >= 11 is -1.41. The summed E-state index contributed by atoms with van der Waals surface area (Å²) in [5.74, 6) is 0.156. The number of carboxylic acid groups (broad SMARTS) is 1. The second kappa shape index (κ2) is 11.9. The van der Waals surface area contributed by atoms with Gasteiger partial charge in [0.25, 0.3) is 0 Å². The predicted molar refractivity (Wildman–Crippen MR) is 121 cm³/mol. The van der Waals surface area contributed by atoms with Crippen LogP contribution >= 0.6 is 0 Å². The Hall–Kier alpha value is -3.37. The van der Waals surface area contributed by atoms with Crippen LogP contribution in [0.1, 0.15) is 17.5 Å². The van der Waals surface area contributed by atoms with Crippen molar-refractivity contribution in [3.05, 3.63) is 46.9 Å². The number of hydrogen-bond acceptors (Lipinski definition) is 7. The number of hydrogen-bond donors (Lipinski definition) is 2. The number of rotatable bonds is 11. The van der Waals surface area contributed by atoms with E-state index in [2.05, 4.69) is 5.32 Å². The fourth-order valence-corrected chi connectivity index (χ4v) is 3.72. The van der Waals surface area contributed by atoms with Gasteiger partial charge in [0, 0.05) is 23.8 Å². The quantitative estimate of drug-likeness (QED) is 0.385. The number of carbonyl (C=O) groups is 2. The molecule has 0 aromatic heterocycles. The minimum atomic E-state index is -1.41. The summed E-state index contributed by atoms with van der Waals surface area (Å²) in [7, 11) is 5.99. The third kappa shape index (κ3) is 6.82. The largest absolute Gasteiger partial charge is 0.612 e. The molecule has 2 N–H and O–H groups in total. The first-order chi connectivity index (χ1) is 15.3. The molecule has 0 saturated heterocycles. The fourth-order valence-electron chi connectivity index (χ4n) is 2.83. The second-order valence-electron chi connectivity index (χ2n) is 6.43. The molecule has 1 atom stereocenters. The highest BCUT2D eigenvalue weighted by atomic mass is 32.2. The highest BCUT2D eigenvalue weighted by Gasteiger charge is 2.15. The summed E-state index contributed by atoms with van der Waals surface area (Å²) in [5, 5.41) is 12.8. The summed E-state index contributed by atoms with van der Waals surface area (Å²) in [6.07, 6.45) is 0.972. The normalized spacial score (nSPS) is 11.7. The van der Waals surface area contributed by atoms with Crippen LogP contribution in [0.3, 0.4) is 0 Å². The lowest BCUT2D eigenvalue weighted by Gasteiger charge is -2.13. The highest BCUT2D eigenvalue weighted by Crippen LogP contribution is 2.35. The lowest BCUT2D eigenvalue weighted by atomic mass is 10.1. The molecule has 1 amide bonds. The Balaban J connectivity index is 2.20. The van der Waals surface area contributed by atoms with Gasteiger partial charge in [-0.15, -0.1) is 0 Å². The Bertz CT molecular complexity index is 967. The third-order valence-corrected chi connectivity index (χ3v) is 5.36.